The molecule has 148 valence electrons. The number of nitrogens with zero attached hydrogens (tertiary/aromatic N) is 1. The normalized spacial score (nSPS) is 15.5. The Morgan fingerprint density at radius 2 is 1.75 bits per heavy atom. The first-order valence-electron chi connectivity index (χ1n) is 9.88. The van der Waals surface area contributed by atoms with Gasteiger partial charge in [-0.1, -0.05) is 41.9 Å². The number of phenols is 1. The fraction of sp³-hybridized carbons (Fsp3) is 0.391. The van der Waals surface area contributed by atoms with Crippen LogP contribution in [-0.4, -0.2) is 41.2 Å². The summed E-state index contributed by atoms with van der Waals surface area (Å²) in [6.45, 7) is 2.78. The Balaban J connectivity index is 1.37. The van der Waals surface area contributed by atoms with Crippen LogP contribution in [0, 0.1) is 5.92 Å². The molecule has 0 radical (unpaired) electrons. The molecule has 1 N–H and O–H groups in total. The molecule has 28 heavy (non-hydrogen) atoms. The third-order valence-electron chi connectivity index (χ3n) is 5.40. The molecule has 1 heterocycles. The van der Waals surface area contributed by atoms with Crippen LogP contribution in [0.3, 0.4) is 0 Å². The Bertz CT molecular complexity index is 814. The monoisotopic (exact) mass is 399 g/mol. The Morgan fingerprint density at radius 3 is 2.46 bits per heavy atom. The van der Waals surface area contributed by atoms with Crippen LogP contribution in [0.25, 0.3) is 0 Å². The van der Waals surface area contributed by atoms with Crippen LogP contribution >= 0.6 is 11.6 Å². The summed E-state index contributed by atoms with van der Waals surface area (Å²) >= 11 is 5.90. The second-order valence-electron chi connectivity index (χ2n) is 7.39. The van der Waals surface area contributed by atoms with Crippen LogP contribution in [-0.2, 0) is 0 Å². The van der Waals surface area contributed by atoms with Crippen molar-refractivity contribution in [2.45, 2.75) is 32.1 Å². The van der Waals surface area contributed by atoms with Crippen molar-refractivity contribution in [3.63, 3.8) is 0 Å². The smallest absolute Gasteiger partial charge is 0.166 e. The zero-order valence-corrected chi connectivity index (χ0v) is 16.7. The van der Waals surface area contributed by atoms with Crippen molar-refractivity contribution in [3.8, 4) is 5.75 Å². The van der Waals surface area contributed by atoms with Gasteiger partial charge in [-0.3, -0.25) is 9.59 Å². The van der Waals surface area contributed by atoms with E-state index in [0.717, 1.165) is 50.9 Å². The predicted molar refractivity (Wildman–Crippen MR) is 111 cm³/mol. The predicted octanol–water partition coefficient (Wildman–Crippen LogP) is 4.99. The molecule has 1 aliphatic rings. The SMILES string of the molecule is O=C(CCCCN1CCC(C(=O)c2ccccc2)CC1)c1cc(Cl)ccc1O. The van der Waals surface area contributed by atoms with E-state index >= 15 is 0 Å². The molecule has 0 atom stereocenters. The lowest BCUT2D eigenvalue weighted by atomic mass is 9.89. The molecule has 2 aromatic rings. The molecule has 0 bridgehead atoms. The summed E-state index contributed by atoms with van der Waals surface area (Å²) in [5.74, 6) is 0.282. The van der Waals surface area contributed by atoms with Gasteiger partial charge in [-0.2, -0.15) is 0 Å². The van der Waals surface area contributed by atoms with Crippen molar-refractivity contribution in [2.75, 3.05) is 19.6 Å². The molecule has 0 amide bonds. The maximum Gasteiger partial charge on any atom is 0.166 e. The van der Waals surface area contributed by atoms with Gasteiger partial charge in [-0.05, 0) is 63.5 Å². The Morgan fingerprint density at radius 1 is 1.04 bits per heavy atom. The van der Waals surface area contributed by atoms with Gasteiger partial charge in [0.2, 0.25) is 0 Å². The summed E-state index contributed by atoms with van der Waals surface area (Å²) in [4.78, 5) is 27.2. The van der Waals surface area contributed by atoms with Crippen molar-refractivity contribution in [1.82, 2.24) is 4.90 Å². The molecule has 0 saturated carbocycles. The summed E-state index contributed by atoms with van der Waals surface area (Å²) in [5.41, 5.74) is 1.11. The first-order valence-corrected chi connectivity index (χ1v) is 10.3. The molecule has 3 rings (SSSR count). The van der Waals surface area contributed by atoms with E-state index in [1.807, 2.05) is 30.3 Å². The number of ketones is 2. The van der Waals surface area contributed by atoms with Crippen molar-refractivity contribution < 1.29 is 14.7 Å². The second-order valence-corrected chi connectivity index (χ2v) is 7.82. The molecule has 4 nitrogen and oxygen atoms in total. The average Bonchev–Trinajstić information content (AvgIpc) is 2.73. The van der Waals surface area contributed by atoms with Crippen LogP contribution in [0.5, 0.6) is 5.75 Å². The maximum absolute atomic E-state index is 12.5. The maximum atomic E-state index is 12.5. The van der Waals surface area contributed by atoms with Crippen LogP contribution in [0.15, 0.2) is 48.5 Å². The van der Waals surface area contributed by atoms with Gasteiger partial charge in [-0.15, -0.1) is 0 Å². The van der Waals surface area contributed by atoms with Crippen molar-refractivity contribution in [3.05, 3.63) is 64.7 Å². The van der Waals surface area contributed by atoms with E-state index in [9.17, 15) is 14.7 Å². The number of carbonyl (C=O) groups is 2. The summed E-state index contributed by atoms with van der Waals surface area (Å²) in [6, 6.07) is 14.1. The van der Waals surface area contributed by atoms with Crippen molar-refractivity contribution >= 4 is 23.2 Å². The van der Waals surface area contributed by atoms with E-state index < -0.39 is 0 Å². The number of piperidine rings is 1. The highest BCUT2D eigenvalue weighted by Crippen LogP contribution is 2.24. The van der Waals surface area contributed by atoms with E-state index in [-0.39, 0.29) is 23.2 Å². The van der Waals surface area contributed by atoms with Gasteiger partial charge in [0, 0.05) is 22.9 Å². The summed E-state index contributed by atoms with van der Waals surface area (Å²) in [6.07, 6.45) is 3.88. The number of Topliss-reactive ketones (excluding diaryl/α,β-unsaturated/α-hetero) is 2. The second kappa shape index (κ2) is 9.85. The van der Waals surface area contributed by atoms with Gasteiger partial charge in [0.25, 0.3) is 0 Å². The van der Waals surface area contributed by atoms with Gasteiger partial charge in [0.1, 0.15) is 5.75 Å². The van der Waals surface area contributed by atoms with Crippen molar-refractivity contribution in [1.29, 1.82) is 0 Å². The van der Waals surface area contributed by atoms with E-state index in [1.165, 1.54) is 12.1 Å². The lowest BCUT2D eigenvalue weighted by molar-refractivity contribution is 0.0836. The zero-order chi connectivity index (χ0) is 19.9. The number of likely N-dealkylation sites (tertiary alicyclic amines) is 1. The molecule has 1 fully saturated rings. The third kappa shape index (κ3) is 5.43. The minimum Gasteiger partial charge on any atom is -0.507 e. The molecule has 1 saturated heterocycles. The Labute approximate surface area is 171 Å². The number of hydrogen-bond acceptors (Lipinski definition) is 4. The van der Waals surface area contributed by atoms with Crippen LogP contribution in [0.1, 0.15) is 52.8 Å². The van der Waals surface area contributed by atoms with Crippen molar-refractivity contribution in [2.24, 2.45) is 5.92 Å². The fourth-order valence-corrected chi connectivity index (χ4v) is 3.92. The molecule has 5 heteroatoms. The Hall–Kier alpha value is -2.17. The molecule has 1 aliphatic heterocycles. The molecule has 0 aliphatic carbocycles. The minimum absolute atomic E-state index is 0.0143. The third-order valence-corrected chi connectivity index (χ3v) is 5.64. The minimum atomic E-state index is -0.0767. The number of unbranched alkanes of at least 4 members (excludes halogenated alkanes) is 1. The number of rotatable bonds is 8. The summed E-state index contributed by atoms with van der Waals surface area (Å²) < 4.78 is 0. The van der Waals surface area contributed by atoms with Crippen LogP contribution in [0.2, 0.25) is 5.02 Å². The fourth-order valence-electron chi connectivity index (χ4n) is 3.74. The standard InChI is InChI=1S/C23H26ClNO3/c24-19-9-10-22(27)20(16-19)21(26)8-4-5-13-25-14-11-18(12-15-25)23(28)17-6-2-1-3-7-17/h1-3,6-7,9-10,16,18,27H,4-5,8,11-15H2. The van der Waals surface area contributed by atoms with Crippen LogP contribution in [0.4, 0.5) is 0 Å². The average molecular weight is 400 g/mol. The number of phenolic OH excluding ortho intramolecular Hbond substituents is 1. The summed E-state index contributed by atoms with van der Waals surface area (Å²) in [7, 11) is 0. The topological polar surface area (TPSA) is 57.6 Å². The first-order chi connectivity index (χ1) is 13.5. The number of halogens is 1. The van der Waals surface area contributed by atoms with E-state index in [0.29, 0.717) is 17.0 Å². The van der Waals surface area contributed by atoms with E-state index in [4.69, 9.17) is 11.6 Å². The first kappa shape index (κ1) is 20.6. The lowest BCUT2D eigenvalue weighted by Gasteiger charge is -2.31. The van der Waals surface area contributed by atoms with E-state index in [2.05, 4.69) is 4.90 Å². The Kier molecular flexibility index (Phi) is 7.24. The molecule has 0 spiro atoms. The van der Waals surface area contributed by atoms with Crippen LogP contribution < -0.4 is 0 Å². The van der Waals surface area contributed by atoms with E-state index in [1.54, 1.807) is 6.07 Å². The van der Waals surface area contributed by atoms with Gasteiger partial charge < -0.3 is 10.0 Å². The quantitative estimate of drug-likeness (QED) is 0.501. The molecular weight excluding hydrogens is 374 g/mol. The largest absolute Gasteiger partial charge is 0.507 e. The molecule has 0 aromatic heterocycles. The van der Waals surface area contributed by atoms with Gasteiger partial charge in [-0.25, -0.2) is 0 Å². The zero-order valence-electron chi connectivity index (χ0n) is 15.9. The lowest BCUT2D eigenvalue weighted by Crippen LogP contribution is -2.36. The number of benzene rings is 2. The van der Waals surface area contributed by atoms with Gasteiger partial charge in [0.05, 0.1) is 5.56 Å². The number of hydrogen-bond donors (Lipinski definition) is 1. The van der Waals surface area contributed by atoms with Gasteiger partial charge >= 0.3 is 0 Å². The summed E-state index contributed by atoms with van der Waals surface area (Å²) in [5, 5.41) is 10.3. The molecular formula is C23H26ClNO3. The highest BCUT2D eigenvalue weighted by atomic mass is 35.5. The number of aromatic hydroxyl groups is 1. The number of carbonyl (C=O) groups excluding carboxylic acids is 2. The van der Waals surface area contributed by atoms with Gasteiger partial charge in [0.15, 0.2) is 11.6 Å². The highest BCUT2D eigenvalue weighted by molar-refractivity contribution is 6.31. The molecule has 0 unspecified atom stereocenters. The molecule has 2 aromatic carbocycles. The highest BCUT2D eigenvalue weighted by Gasteiger charge is 2.25.